The summed E-state index contributed by atoms with van der Waals surface area (Å²) in [6, 6.07) is 7.51. The van der Waals surface area contributed by atoms with Gasteiger partial charge >= 0.3 is 18.1 Å². The van der Waals surface area contributed by atoms with Crippen molar-refractivity contribution in [1.29, 1.82) is 0 Å². The predicted octanol–water partition coefficient (Wildman–Crippen LogP) is 3.05. The third kappa shape index (κ3) is 6.29. The normalized spacial score (nSPS) is 12.7. The van der Waals surface area contributed by atoms with Crippen molar-refractivity contribution >= 4 is 11.9 Å². The largest absolute Gasteiger partial charge is 0.481 e. The van der Waals surface area contributed by atoms with E-state index in [9.17, 15) is 22.8 Å². The van der Waals surface area contributed by atoms with Gasteiger partial charge in [-0.25, -0.2) is 0 Å². The van der Waals surface area contributed by atoms with E-state index in [-0.39, 0.29) is 12.8 Å². The van der Waals surface area contributed by atoms with Crippen molar-refractivity contribution in [2.45, 2.75) is 37.9 Å². The molecule has 0 bridgehead atoms. The molecule has 0 heterocycles. The fourth-order valence-electron chi connectivity index (χ4n) is 1.87. The molecule has 0 saturated carbocycles. The Bertz CT molecular complexity index is 474. The van der Waals surface area contributed by atoms with Gasteiger partial charge in [-0.15, -0.1) is 0 Å². The van der Waals surface area contributed by atoms with Crippen LogP contribution in [-0.4, -0.2) is 23.2 Å². The minimum absolute atomic E-state index is 0.0469. The number of benzene rings is 1. The second kappa shape index (κ2) is 7.66. The lowest BCUT2D eigenvalue weighted by Crippen LogP contribution is -2.39. The van der Waals surface area contributed by atoms with Crippen molar-refractivity contribution < 1.29 is 27.9 Å². The molecule has 21 heavy (non-hydrogen) atoms. The number of amides is 1. The fourth-order valence-corrected chi connectivity index (χ4v) is 1.87. The first kappa shape index (κ1) is 17.0. The lowest BCUT2D eigenvalue weighted by atomic mass is 10.0. The minimum Gasteiger partial charge on any atom is -0.481 e. The van der Waals surface area contributed by atoms with Crippen molar-refractivity contribution in [3.63, 3.8) is 0 Å². The molecule has 7 heteroatoms. The van der Waals surface area contributed by atoms with Crippen LogP contribution in [0.3, 0.4) is 0 Å². The summed E-state index contributed by atoms with van der Waals surface area (Å²) in [5.41, 5.74) is 0.561. The highest BCUT2D eigenvalue weighted by Crippen LogP contribution is 2.23. The molecule has 1 aromatic carbocycles. The summed E-state index contributed by atoms with van der Waals surface area (Å²) in [4.78, 5) is 21.5. The van der Waals surface area contributed by atoms with Crippen LogP contribution < -0.4 is 5.32 Å². The van der Waals surface area contributed by atoms with Gasteiger partial charge in [0.25, 0.3) is 0 Å². The van der Waals surface area contributed by atoms with Crippen molar-refractivity contribution in [3.8, 4) is 0 Å². The second-order valence-electron chi connectivity index (χ2n) is 4.57. The van der Waals surface area contributed by atoms with Crippen LogP contribution in [0.1, 0.15) is 37.3 Å². The molecular weight excluding hydrogens is 287 g/mol. The van der Waals surface area contributed by atoms with E-state index in [2.05, 4.69) is 0 Å². The van der Waals surface area contributed by atoms with E-state index >= 15 is 0 Å². The molecule has 0 saturated heterocycles. The summed E-state index contributed by atoms with van der Waals surface area (Å²) in [6.07, 6.45) is -3.98. The molecule has 116 valence electrons. The van der Waals surface area contributed by atoms with Gasteiger partial charge in [0.2, 0.25) is 0 Å². The number of nitrogens with one attached hydrogen (secondary N) is 1. The van der Waals surface area contributed by atoms with Gasteiger partial charge in [-0.2, -0.15) is 13.2 Å². The monoisotopic (exact) mass is 303 g/mol. The molecule has 1 aromatic rings. The number of hydrogen-bond donors (Lipinski definition) is 2. The number of carbonyl (C=O) groups excluding carboxylic acids is 1. The van der Waals surface area contributed by atoms with Crippen molar-refractivity contribution in [2.75, 3.05) is 0 Å². The van der Waals surface area contributed by atoms with Crippen LogP contribution in [0.25, 0.3) is 0 Å². The number of carboxylic acid groups (broad SMARTS) is 1. The third-order valence-electron chi connectivity index (χ3n) is 2.90. The quantitative estimate of drug-likeness (QED) is 0.761. The van der Waals surface area contributed by atoms with Crippen LogP contribution in [-0.2, 0) is 9.59 Å². The summed E-state index contributed by atoms with van der Waals surface area (Å²) >= 11 is 0. The Morgan fingerprint density at radius 1 is 1.14 bits per heavy atom. The molecule has 1 rings (SSSR count). The third-order valence-corrected chi connectivity index (χ3v) is 2.90. The van der Waals surface area contributed by atoms with E-state index < -0.39 is 24.1 Å². The number of rotatable bonds is 7. The molecule has 1 atom stereocenters. The van der Waals surface area contributed by atoms with Crippen LogP contribution in [0, 0.1) is 0 Å². The Morgan fingerprint density at radius 2 is 1.76 bits per heavy atom. The molecule has 0 aliphatic rings. The van der Waals surface area contributed by atoms with Crippen molar-refractivity contribution in [1.82, 2.24) is 5.32 Å². The highest BCUT2D eigenvalue weighted by atomic mass is 19.4. The molecule has 0 fully saturated rings. The second-order valence-corrected chi connectivity index (χ2v) is 4.57. The smallest absolute Gasteiger partial charge is 0.471 e. The van der Waals surface area contributed by atoms with Gasteiger partial charge in [0.05, 0.1) is 6.04 Å². The number of hydrogen-bond acceptors (Lipinski definition) is 2. The number of carbonyl (C=O) groups is 2. The summed E-state index contributed by atoms with van der Waals surface area (Å²) in [7, 11) is 0. The lowest BCUT2D eigenvalue weighted by molar-refractivity contribution is -0.174. The number of halogens is 3. The summed E-state index contributed by atoms with van der Waals surface area (Å²) in [5.74, 6) is -2.94. The average Bonchev–Trinajstić information content (AvgIpc) is 2.41. The topological polar surface area (TPSA) is 66.4 Å². The zero-order valence-electron chi connectivity index (χ0n) is 11.2. The van der Waals surface area contributed by atoms with E-state index in [0.29, 0.717) is 18.4 Å². The average molecular weight is 303 g/mol. The Kier molecular flexibility index (Phi) is 6.20. The molecule has 4 nitrogen and oxygen atoms in total. The molecule has 1 unspecified atom stereocenters. The van der Waals surface area contributed by atoms with E-state index in [1.165, 1.54) is 0 Å². The lowest BCUT2D eigenvalue weighted by Gasteiger charge is -2.20. The van der Waals surface area contributed by atoms with Crippen LogP contribution in [0.15, 0.2) is 30.3 Å². The van der Waals surface area contributed by atoms with Crippen LogP contribution in [0.2, 0.25) is 0 Å². The van der Waals surface area contributed by atoms with Crippen molar-refractivity contribution in [3.05, 3.63) is 35.9 Å². The summed E-state index contributed by atoms with van der Waals surface area (Å²) in [5, 5.41) is 10.5. The maximum atomic E-state index is 12.3. The number of unbranched alkanes of at least 4 members (excludes halogenated alkanes) is 1. The molecular formula is C14H16F3NO3. The molecule has 0 radical (unpaired) electrons. The van der Waals surface area contributed by atoms with Crippen LogP contribution in [0.5, 0.6) is 0 Å². The summed E-state index contributed by atoms with van der Waals surface area (Å²) in [6.45, 7) is 0. The van der Waals surface area contributed by atoms with E-state index in [1.807, 2.05) is 5.32 Å². The van der Waals surface area contributed by atoms with Crippen molar-refractivity contribution in [2.24, 2.45) is 0 Å². The van der Waals surface area contributed by atoms with E-state index in [4.69, 9.17) is 5.11 Å². The molecule has 1 amide bonds. The van der Waals surface area contributed by atoms with Gasteiger partial charge in [-0.1, -0.05) is 36.8 Å². The Morgan fingerprint density at radius 3 is 2.29 bits per heavy atom. The van der Waals surface area contributed by atoms with Crippen LogP contribution >= 0.6 is 0 Å². The maximum Gasteiger partial charge on any atom is 0.471 e. The molecule has 0 aliphatic heterocycles. The molecule has 0 spiro atoms. The van der Waals surface area contributed by atoms with Gasteiger partial charge in [0.15, 0.2) is 0 Å². The fraction of sp³-hybridized carbons (Fsp3) is 0.429. The zero-order valence-corrected chi connectivity index (χ0v) is 11.2. The minimum atomic E-state index is -4.94. The Labute approximate surface area is 120 Å². The van der Waals surface area contributed by atoms with Crippen LogP contribution in [0.4, 0.5) is 13.2 Å². The maximum absolute atomic E-state index is 12.3. The standard InChI is InChI=1S/C14H16F3NO3/c15-14(16,17)13(21)18-11(8-4-5-9-12(19)20)10-6-2-1-3-7-10/h1-3,6-7,11H,4-5,8-9H2,(H,18,21)(H,19,20). The van der Waals surface area contributed by atoms with E-state index in [0.717, 1.165) is 0 Å². The first-order chi connectivity index (χ1) is 9.80. The van der Waals surface area contributed by atoms with Gasteiger partial charge in [0, 0.05) is 6.42 Å². The van der Waals surface area contributed by atoms with E-state index in [1.54, 1.807) is 30.3 Å². The first-order valence-corrected chi connectivity index (χ1v) is 6.45. The molecule has 0 aliphatic carbocycles. The number of alkyl halides is 3. The van der Waals surface area contributed by atoms with Gasteiger partial charge < -0.3 is 10.4 Å². The van der Waals surface area contributed by atoms with Gasteiger partial charge in [-0.05, 0) is 18.4 Å². The highest BCUT2D eigenvalue weighted by Gasteiger charge is 2.39. The first-order valence-electron chi connectivity index (χ1n) is 6.45. The number of aliphatic carboxylic acids is 1. The summed E-state index contributed by atoms with van der Waals surface area (Å²) < 4.78 is 37.0. The van der Waals surface area contributed by atoms with Gasteiger partial charge in [-0.3, -0.25) is 9.59 Å². The number of carboxylic acids is 1. The molecule has 2 N–H and O–H groups in total. The molecule has 0 aromatic heterocycles. The zero-order chi connectivity index (χ0) is 15.9. The Hall–Kier alpha value is -2.05. The predicted molar refractivity (Wildman–Crippen MR) is 69.5 cm³/mol. The Balaban J connectivity index is 2.67. The van der Waals surface area contributed by atoms with Gasteiger partial charge in [0.1, 0.15) is 0 Å². The SMILES string of the molecule is O=C(O)CCCCC(NC(=O)C(F)(F)F)c1ccccc1. The highest BCUT2D eigenvalue weighted by molar-refractivity contribution is 5.82.